The summed E-state index contributed by atoms with van der Waals surface area (Å²) in [4.78, 5) is 17.2. The number of benzene rings is 2. The van der Waals surface area contributed by atoms with E-state index in [-0.39, 0.29) is 11.7 Å². The SMILES string of the molecule is CCOCc1ccccc1CNC(=O)c1cnc(SC)n1-c1ccc(F)cc1. The first-order valence-electron chi connectivity index (χ1n) is 8.94. The Kier molecular flexibility index (Phi) is 6.84. The maximum absolute atomic E-state index is 13.3. The molecule has 7 heteroatoms. The van der Waals surface area contributed by atoms with E-state index in [0.29, 0.717) is 36.3 Å². The molecule has 0 radical (unpaired) electrons. The van der Waals surface area contributed by atoms with Crippen LogP contribution >= 0.6 is 11.8 Å². The number of carbonyl (C=O) groups is 1. The number of carbonyl (C=O) groups excluding carboxylic acids is 1. The summed E-state index contributed by atoms with van der Waals surface area (Å²) in [6.07, 6.45) is 3.42. The lowest BCUT2D eigenvalue weighted by Crippen LogP contribution is -2.25. The topological polar surface area (TPSA) is 56.1 Å². The largest absolute Gasteiger partial charge is 0.377 e. The van der Waals surface area contributed by atoms with Crippen LogP contribution < -0.4 is 5.32 Å². The number of amides is 1. The van der Waals surface area contributed by atoms with Crippen molar-refractivity contribution in [2.45, 2.75) is 25.2 Å². The maximum Gasteiger partial charge on any atom is 0.270 e. The maximum atomic E-state index is 13.3. The predicted octanol–water partition coefficient (Wildman–Crippen LogP) is 4.20. The minimum atomic E-state index is -0.327. The lowest BCUT2D eigenvalue weighted by Gasteiger charge is -2.13. The van der Waals surface area contributed by atoms with Crippen LogP contribution in [0.3, 0.4) is 0 Å². The van der Waals surface area contributed by atoms with E-state index in [1.165, 1.54) is 30.1 Å². The average molecular weight is 399 g/mol. The molecule has 146 valence electrons. The minimum absolute atomic E-state index is 0.247. The molecule has 0 atom stereocenters. The van der Waals surface area contributed by atoms with Gasteiger partial charge in [0.15, 0.2) is 5.16 Å². The van der Waals surface area contributed by atoms with Crippen LogP contribution in [0.5, 0.6) is 0 Å². The molecule has 0 bridgehead atoms. The first-order valence-corrected chi connectivity index (χ1v) is 10.2. The zero-order valence-electron chi connectivity index (χ0n) is 15.8. The standard InChI is InChI=1S/C21H22FN3O2S/c1-3-27-14-16-7-5-4-6-15(16)12-23-20(26)19-13-24-21(28-2)25(19)18-10-8-17(22)9-11-18/h4-11,13H,3,12,14H2,1-2H3,(H,23,26). The highest BCUT2D eigenvalue weighted by atomic mass is 32.2. The molecule has 1 aromatic heterocycles. The number of nitrogens with zero attached hydrogens (tertiary/aromatic N) is 2. The Morgan fingerprint density at radius 2 is 1.89 bits per heavy atom. The molecule has 0 saturated heterocycles. The Bertz CT molecular complexity index is 941. The molecular weight excluding hydrogens is 377 g/mol. The van der Waals surface area contributed by atoms with Crippen molar-refractivity contribution in [1.29, 1.82) is 0 Å². The number of rotatable bonds is 8. The van der Waals surface area contributed by atoms with E-state index in [0.717, 1.165) is 11.1 Å². The Morgan fingerprint density at radius 3 is 2.57 bits per heavy atom. The number of nitrogens with one attached hydrogen (secondary N) is 1. The fourth-order valence-corrected chi connectivity index (χ4v) is 3.37. The van der Waals surface area contributed by atoms with Crippen LogP contribution in [0.4, 0.5) is 4.39 Å². The Morgan fingerprint density at radius 1 is 1.18 bits per heavy atom. The molecular formula is C21H22FN3O2S. The summed E-state index contributed by atoms with van der Waals surface area (Å²) >= 11 is 1.42. The van der Waals surface area contributed by atoms with Gasteiger partial charge in [0.05, 0.1) is 12.8 Å². The summed E-state index contributed by atoms with van der Waals surface area (Å²) in [6, 6.07) is 13.8. The lowest BCUT2D eigenvalue weighted by molar-refractivity contribution is 0.0942. The van der Waals surface area contributed by atoms with Crippen LogP contribution in [0, 0.1) is 5.82 Å². The zero-order valence-corrected chi connectivity index (χ0v) is 16.6. The number of hydrogen-bond donors (Lipinski definition) is 1. The van der Waals surface area contributed by atoms with Crippen LogP contribution in [0.15, 0.2) is 59.9 Å². The molecule has 0 fully saturated rings. The molecule has 1 amide bonds. The van der Waals surface area contributed by atoms with Gasteiger partial charge in [-0.15, -0.1) is 0 Å². The molecule has 2 aromatic carbocycles. The number of thioether (sulfide) groups is 1. The van der Waals surface area contributed by atoms with Crippen molar-refractivity contribution in [3.63, 3.8) is 0 Å². The van der Waals surface area contributed by atoms with Gasteiger partial charge in [-0.05, 0) is 48.6 Å². The van der Waals surface area contributed by atoms with Gasteiger partial charge in [0.2, 0.25) is 0 Å². The Labute approximate surface area is 167 Å². The third kappa shape index (κ3) is 4.61. The van der Waals surface area contributed by atoms with Crippen LogP contribution in [-0.4, -0.2) is 28.3 Å². The zero-order chi connectivity index (χ0) is 19.9. The van der Waals surface area contributed by atoms with Gasteiger partial charge < -0.3 is 10.1 Å². The number of hydrogen-bond acceptors (Lipinski definition) is 4. The average Bonchev–Trinajstić information content (AvgIpc) is 3.16. The normalized spacial score (nSPS) is 10.8. The van der Waals surface area contributed by atoms with E-state index in [9.17, 15) is 9.18 Å². The molecule has 0 saturated carbocycles. The van der Waals surface area contributed by atoms with Crippen molar-refractivity contribution >= 4 is 17.7 Å². The second-order valence-corrected chi connectivity index (χ2v) is 6.80. The fourth-order valence-electron chi connectivity index (χ4n) is 2.83. The quantitative estimate of drug-likeness (QED) is 0.577. The van der Waals surface area contributed by atoms with Crippen molar-refractivity contribution in [2.24, 2.45) is 0 Å². The van der Waals surface area contributed by atoms with Crippen molar-refractivity contribution in [3.8, 4) is 5.69 Å². The third-order valence-corrected chi connectivity index (χ3v) is 4.90. The second-order valence-electron chi connectivity index (χ2n) is 6.03. The summed E-state index contributed by atoms with van der Waals surface area (Å²) < 4.78 is 20.5. The number of aromatic nitrogens is 2. The third-order valence-electron chi connectivity index (χ3n) is 4.25. The van der Waals surface area contributed by atoms with Gasteiger partial charge in [0, 0.05) is 18.8 Å². The van der Waals surface area contributed by atoms with Crippen LogP contribution in [0.25, 0.3) is 5.69 Å². The second kappa shape index (κ2) is 9.52. The molecule has 0 aliphatic rings. The van der Waals surface area contributed by atoms with Gasteiger partial charge in [0.25, 0.3) is 5.91 Å². The van der Waals surface area contributed by atoms with Crippen molar-refractivity contribution in [2.75, 3.05) is 12.9 Å². The van der Waals surface area contributed by atoms with Crippen LogP contribution in [-0.2, 0) is 17.9 Å². The minimum Gasteiger partial charge on any atom is -0.377 e. The van der Waals surface area contributed by atoms with E-state index in [1.54, 1.807) is 16.7 Å². The molecule has 1 N–H and O–H groups in total. The van der Waals surface area contributed by atoms with Gasteiger partial charge in [-0.3, -0.25) is 9.36 Å². The Balaban J connectivity index is 1.81. The van der Waals surface area contributed by atoms with Gasteiger partial charge >= 0.3 is 0 Å². The van der Waals surface area contributed by atoms with E-state index >= 15 is 0 Å². The molecule has 3 aromatic rings. The predicted molar refractivity (Wildman–Crippen MR) is 108 cm³/mol. The molecule has 5 nitrogen and oxygen atoms in total. The summed E-state index contributed by atoms with van der Waals surface area (Å²) in [7, 11) is 0. The molecule has 0 aliphatic carbocycles. The molecule has 1 heterocycles. The van der Waals surface area contributed by atoms with Crippen molar-refractivity contribution in [3.05, 3.63) is 77.4 Å². The summed E-state index contributed by atoms with van der Waals surface area (Å²) in [6.45, 7) is 3.47. The highest BCUT2D eigenvalue weighted by Crippen LogP contribution is 2.22. The molecule has 3 rings (SSSR count). The van der Waals surface area contributed by atoms with Gasteiger partial charge in [-0.1, -0.05) is 36.0 Å². The molecule has 0 aliphatic heterocycles. The molecule has 28 heavy (non-hydrogen) atoms. The highest BCUT2D eigenvalue weighted by Gasteiger charge is 2.18. The van der Waals surface area contributed by atoms with E-state index in [4.69, 9.17) is 4.74 Å². The van der Waals surface area contributed by atoms with Gasteiger partial charge in [-0.25, -0.2) is 9.37 Å². The van der Waals surface area contributed by atoms with Gasteiger partial charge in [0.1, 0.15) is 11.5 Å². The Hall–Kier alpha value is -2.64. The van der Waals surface area contributed by atoms with E-state index in [1.807, 2.05) is 37.4 Å². The smallest absolute Gasteiger partial charge is 0.270 e. The van der Waals surface area contributed by atoms with Gasteiger partial charge in [-0.2, -0.15) is 0 Å². The van der Waals surface area contributed by atoms with Crippen molar-refractivity contribution in [1.82, 2.24) is 14.9 Å². The molecule has 0 unspecified atom stereocenters. The summed E-state index contributed by atoms with van der Waals surface area (Å²) in [5, 5.41) is 3.61. The first kappa shape index (κ1) is 20.1. The van der Waals surface area contributed by atoms with E-state index < -0.39 is 0 Å². The van der Waals surface area contributed by atoms with Crippen molar-refractivity contribution < 1.29 is 13.9 Å². The number of ether oxygens (including phenoxy) is 1. The fraction of sp³-hybridized carbons (Fsp3) is 0.238. The molecule has 0 spiro atoms. The summed E-state index contributed by atoms with van der Waals surface area (Å²) in [5.74, 6) is -0.574. The first-order chi connectivity index (χ1) is 13.6. The van der Waals surface area contributed by atoms with Crippen LogP contribution in [0.2, 0.25) is 0 Å². The monoisotopic (exact) mass is 399 g/mol. The highest BCUT2D eigenvalue weighted by molar-refractivity contribution is 7.98. The van der Waals surface area contributed by atoms with E-state index in [2.05, 4.69) is 10.3 Å². The lowest BCUT2D eigenvalue weighted by atomic mass is 10.1. The summed E-state index contributed by atoms with van der Waals surface area (Å²) in [5.41, 5.74) is 3.13. The van der Waals surface area contributed by atoms with Crippen LogP contribution in [0.1, 0.15) is 28.5 Å². The number of imidazole rings is 1. The number of halogens is 1.